The van der Waals surface area contributed by atoms with Crippen LogP contribution < -0.4 is 20.1 Å². The average molecular weight is 425 g/mol. The normalized spacial score (nSPS) is 12.4. The molecule has 0 aliphatic carbocycles. The van der Waals surface area contributed by atoms with E-state index in [1.807, 2.05) is 60.7 Å². The molecule has 0 aliphatic rings. The van der Waals surface area contributed by atoms with Gasteiger partial charge in [0.05, 0.1) is 26.3 Å². The first-order valence-electron chi connectivity index (χ1n) is 10.7. The molecule has 32 heavy (non-hydrogen) atoms. The lowest BCUT2D eigenvalue weighted by molar-refractivity contribution is 0.414. The van der Waals surface area contributed by atoms with E-state index in [4.69, 9.17) is 9.47 Å². The molecule has 0 spiro atoms. The number of methoxy groups -OCH3 is 2. The first-order valence-corrected chi connectivity index (χ1v) is 10.7. The maximum Gasteiger partial charge on any atom is 0.119 e. The van der Waals surface area contributed by atoms with Gasteiger partial charge in [-0.3, -0.25) is 0 Å². The lowest BCUT2D eigenvalue weighted by Gasteiger charge is -2.31. The number of hydrogen-bond donors (Lipinski definition) is 2. The fourth-order valence-electron chi connectivity index (χ4n) is 3.77. The summed E-state index contributed by atoms with van der Waals surface area (Å²) in [5.74, 6) is 1.67. The van der Waals surface area contributed by atoms with Crippen molar-refractivity contribution in [3.63, 3.8) is 0 Å². The SMILES string of the molecule is COc1ccc(N[C@H](c2ccccc2)[C@H](Nc2ccc(OC)cc2)c2ccccc2)cc1. The van der Waals surface area contributed by atoms with E-state index in [0.29, 0.717) is 0 Å². The van der Waals surface area contributed by atoms with Gasteiger partial charge < -0.3 is 20.1 Å². The van der Waals surface area contributed by atoms with E-state index < -0.39 is 0 Å². The lowest BCUT2D eigenvalue weighted by atomic mass is 9.92. The number of anilines is 2. The van der Waals surface area contributed by atoms with Crippen molar-refractivity contribution in [2.75, 3.05) is 24.9 Å². The summed E-state index contributed by atoms with van der Waals surface area (Å²) in [7, 11) is 3.36. The summed E-state index contributed by atoms with van der Waals surface area (Å²) in [6, 6.07) is 37.1. The van der Waals surface area contributed by atoms with Gasteiger partial charge in [0.1, 0.15) is 11.5 Å². The van der Waals surface area contributed by atoms with E-state index in [2.05, 4.69) is 59.2 Å². The molecule has 0 unspecified atom stereocenters. The second-order valence-corrected chi connectivity index (χ2v) is 7.52. The molecule has 4 aromatic carbocycles. The van der Waals surface area contributed by atoms with Gasteiger partial charge in [-0.1, -0.05) is 60.7 Å². The third-order valence-corrected chi connectivity index (χ3v) is 5.48. The van der Waals surface area contributed by atoms with Crippen molar-refractivity contribution in [1.29, 1.82) is 0 Å². The first-order chi connectivity index (χ1) is 15.8. The molecule has 0 aromatic heterocycles. The highest BCUT2D eigenvalue weighted by Crippen LogP contribution is 2.35. The topological polar surface area (TPSA) is 42.5 Å². The fraction of sp³-hybridized carbons (Fsp3) is 0.143. The molecule has 4 rings (SSSR count). The van der Waals surface area contributed by atoms with Crippen molar-refractivity contribution in [1.82, 2.24) is 0 Å². The number of benzene rings is 4. The predicted molar refractivity (Wildman–Crippen MR) is 132 cm³/mol. The van der Waals surface area contributed by atoms with Crippen LogP contribution in [0.15, 0.2) is 109 Å². The van der Waals surface area contributed by atoms with Crippen molar-refractivity contribution < 1.29 is 9.47 Å². The number of ether oxygens (including phenoxy) is 2. The molecule has 162 valence electrons. The molecule has 0 saturated heterocycles. The van der Waals surface area contributed by atoms with E-state index >= 15 is 0 Å². The van der Waals surface area contributed by atoms with Crippen LogP contribution in [-0.2, 0) is 0 Å². The Balaban J connectivity index is 1.72. The van der Waals surface area contributed by atoms with Crippen LogP contribution in [0.5, 0.6) is 11.5 Å². The summed E-state index contributed by atoms with van der Waals surface area (Å²) >= 11 is 0. The van der Waals surface area contributed by atoms with Crippen LogP contribution in [0.2, 0.25) is 0 Å². The van der Waals surface area contributed by atoms with Crippen molar-refractivity contribution in [2.24, 2.45) is 0 Å². The van der Waals surface area contributed by atoms with Gasteiger partial charge in [0.25, 0.3) is 0 Å². The van der Waals surface area contributed by atoms with Gasteiger partial charge in [-0.25, -0.2) is 0 Å². The standard InChI is InChI=1S/C28H28N2O2/c1-31-25-17-13-23(14-18-25)29-27(21-9-5-3-6-10-21)28(22-11-7-4-8-12-22)30-24-15-19-26(32-2)20-16-24/h3-20,27-30H,1-2H3/t27-,28-/m1/s1. The van der Waals surface area contributed by atoms with E-state index in [-0.39, 0.29) is 12.1 Å². The number of nitrogens with one attached hydrogen (secondary N) is 2. The molecule has 0 amide bonds. The summed E-state index contributed by atoms with van der Waals surface area (Å²) in [6.07, 6.45) is 0. The Kier molecular flexibility index (Phi) is 6.93. The predicted octanol–water partition coefficient (Wildman–Crippen LogP) is 6.71. The molecular weight excluding hydrogens is 396 g/mol. The molecule has 0 fully saturated rings. The molecule has 4 nitrogen and oxygen atoms in total. The quantitative estimate of drug-likeness (QED) is 0.313. The minimum absolute atomic E-state index is 0.0194. The Bertz CT molecular complexity index is 991. The van der Waals surface area contributed by atoms with Crippen LogP contribution in [0, 0.1) is 0 Å². The zero-order chi connectivity index (χ0) is 22.2. The molecule has 4 aromatic rings. The Morgan fingerprint density at radius 3 is 1.12 bits per heavy atom. The molecule has 0 radical (unpaired) electrons. The summed E-state index contributed by atoms with van der Waals surface area (Å²) in [5, 5.41) is 7.49. The average Bonchev–Trinajstić information content (AvgIpc) is 2.88. The molecule has 0 saturated carbocycles. The maximum absolute atomic E-state index is 5.32. The summed E-state index contributed by atoms with van der Waals surface area (Å²) < 4.78 is 10.6. The monoisotopic (exact) mass is 424 g/mol. The van der Waals surface area contributed by atoms with E-state index in [0.717, 1.165) is 22.9 Å². The smallest absolute Gasteiger partial charge is 0.119 e. The third kappa shape index (κ3) is 5.22. The number of hydrogen-bond acceptors (Lipinski definition) is 4. The Hall–Kier alpha value is -3.92. The van der Waals surface area contributed by atoms with Crippen molar-refractivity contribution >= 4 is 11.4 Å². The zero-order valence-corrected chi connectivity index (χ0v) is 18.4. The van der Waals surface area contributed by atoms with Crippen molar-refractivity contribution in [3.05, 3.63) is 120 Å². The maximum atomic E-state index is 5.32. The molecule has 0 aliphatic heterocycles. The van der Waals surface area contributed by atoms with Crippen molar-refractivity contribution in [3.8, 4) is 11.5 Å². The van der Waals surface area contributed by atoms with Crippen LogP contribution >= 0.6 is 0 Å². The van der Waals surface area contributed by atoms with E-state index in [9.17, 15) is 0 Å². The van der Waals surface area contributed by atoms with Gasteiger partial charge >= 0.3 is 0 Å². The van der Waals surface area contributed by atoms with Gasteiger partial charge in [-0.05, 0) is 59.7 Å². The molecule has 2 atom stereocenters. The second kappa shape index (κ2) is 10.4. The molecule has 2 N–H and O–H groups in total. The van der Waals surface area contributed by atoms with Gasteiger partial charge in [0, 0.05) is 11.4 Å². The van der Waals surface area contributed by atoms with Gasteiger partial charge in [-0.2, -0.15) is 0 Å². The highest BCUT2D eigenvalue weighted by atomic mass is 16.5. The molecular formula is C28H28N2O2. The first kappa shape index (κ1) is 21.3. The molecule has 4 heteroatoms. The summed E-state index contributed by atoms with van der Waals surface area (Å²) in [4.78, 5) is 0. The Morgan fingerprint density at radius 1 is 0.469 bits per heavy atom. The van der Waals surface area contributed by atoms with E-state index in [1.165, 1.54) is 11.1 Å². The third-order valence-electron chi connectivity index (χ3n) is 5.48. The van der Waals surface area contributed by atoms with Gasteiger partial charge in [-0.15, -0.1) is 0 Å². The fourth-order valence-corrected chi connectivity index (χ4v) is 3.77. The highest BCUT2D eigenvalue weighted by Gasteiger charge is 2.25. The van der Waals surface area contributed by atoms with Crippen LogP contribution in [0.1, 0.15) is 23.2 Å². The minimum atomic E-state index is -0.0194. The van der Waals surface area contributed by atoms with Crippen LogP contribution in [-0.4, -0.2) is 14.2 Å². The summed E-state index contributed by atoms with van der Waals surface area (Å²) in [5.41, 5.74) is 4.44. The lowest BCUT2D eigenvalue weighted by Crippen LogP contribution is -2.25. The van der Waals surface area contributed by atoms with Gasteiger partial charge in [0.15, 0.2) is 0 Å². The minimum Gasteiger partial charge on any atom is -0.497 e. The van der Waals surface area contributed by atoms with Crippen LogP contribution in [0.3, 0.4) is 0 Å². The molecule has 0 bridgehead atoms. The van der Waals surface area contributed by atoms with Crippen LogP contribution in [0.25, 0.3) is 0 Å². The zero-order valence-electron chi connectivity index (χ0n) is 18.4. The Labute approximate surface area is 189 Å². The van der Waals surface area contributed by atoms with Gasteiger partial charge in [0.2, 0.25) is 0 Å². The van der Waals surface area contributed by atoms with Crippen LogP contribution in [0.4, 0.5) is 11.4 Å². The van der Waals surface area contributed by atoms with E-state index in [1.54, 1.807) is 14.2 Å². The Morgan fingerprint density at radius 2 is 0.812 bits per heavy atom. The van der Waals surface area contributed by atoms with Crippen molar-refractivity contribution in [2.45, 2.75) is 12.1 Å². The summed E-state index contributed by atoms with van der Waals surface area (Å²) in [6.45, 7) is 0. The largest absolute Gasteiger partial charge is 0.497 e. The number of rotatable bonds is 9. The second-order valence-electron chi connectivity index (χ2n) is 7.52. The molecule has 0 heterocycles. The highest BCUT2D eigenvalue weighted by molar-refractivity contribution is 5.53.